The lowest BCUT2D eigenvalue weighted by atomic mass is 10.2. The summed E-state index contributed by atoms with van der Waals surface area (Å²) in [5.41, 5.74) is 1.36. The number of para-hydroxylation sites is 1. The highest BCUT2D eigenvalue weighted by Crippen LogP contribution is 2.30. The van der Waals surface area contributed by atoms with E-state index in [0.29, 0.717) is 28.7 Å². The first-order valence-corrected chi connectivity index (χ1v) is 9.65. The first kappa shape index (κ1) is 22.1. The van der Waals surface area contributed by atoms with Crippen LogP contribution in [0.25, 0.3) is 6.08 Å². The van der Waals surface area contributed by atoms with E-state index in [-0.39, 0.29) is 11.1 Å². The van der Waals surface area contributed by atoms with Crippen molar-refractivity contribution < 1.29 is 19.1 Å². The smallest absolute Gasteiger partial charge is 0.286 e. The number of methoxy groups -OCH3 is 1. The molecule has 0 saturated heterocycles. The average Bonchev–Trinajstić information content (AvgIpc) is 2.72. The van der Waals surface area contributed by atoms with Gasteiger partial charge in [0.05, 0.1) is 12.8 Å². The summed E-state index contributed by atoms with van der Waals surface area (Å²) in [6.45, 7) is 4.00. The second-order valence-electron chi connectivity index (χ2n) is 6.09. The fraction of sp³-hybridized carbons (Fsp3) is 0.182. The maximum atomic E-state index is 12.4. The second kappa shape index (κ2) is 11.0. The van der Waals surface area contributed by atoms with Crippen LogP contribution in [0.1, 0.15) is 5.56 Å². The van der Waals surface area contributed by atoms with E-state index in [0.717, 1.165) is 17.3 Å². The van der Waals surface area contributed by atoms with Gasteiger partial charge in [-0.15, -0.1) is 0 Å². The van der Waals surface area contributed by atoms with Crippen LogP contribution < -0.4 is 14.8 Å². The molecule has 0 fully saturated rings. The van der Waals surface area contributed by atoms with Crippen molar-refractivity contribution in [1.82, 2.24) is 4.90 Å². The highest BCUT2D eigenvalue weighted by Gasteiger charge is 2.11. The summed E-state index contributed by atoms with van der Waals surface area (Å²) in [6.07, 6.45) is 4.75. The summed E-state index contributed by atoms with van der Waals surface area (Å²) in [5.74, 6) is 0.866. The van der Waals surface area contributed by atoms with E-state index in [2.05, 4.69) is 11.9 Å². The van der Waals surface area contributed by atoms with Crippen LogP contribution >= 0.6 is 11.8 Å². The molecule has 29 heavy (non-hydrogen) atoms. The molecule has 0 aliphatic heterocycles. The number of benzene rings is 2. The molecule has 0 bridgehead atoms. The molecule has 2 rings (SSSR count). The Kier molecular flexibility index (Phi) is 8.36. The number of rotatable bonds is 8. The number of carbonyl (C=O) groups excluding carboxylic acids is 2. The molecule has 0 heterocycles. The standard InChI is InChI=1S/C22H24N2O4S/c1-5-14-28-18-12-10-16(15-19(18)27-4)11-13-21(25)23-17-8-6-7-9-20(17)29-22(26)24(2)3/h5-13,15H,1,14H2,2-4H3,(H,23,25)/b13-11+. The molecule has 2 aromatic rings. The highest BCUT2D eigenvalue weighted by atomic mass is 32.2. The zero-order valence-corrected chi connectivity index (χ0v) is 17.5. The van der Waals surface area contributed by atoms with Crippen molar-refractivity contribution in [3.8, 4) is 11.5 Å². The molecule has 0 aromatic heterocycles. The summed E-state index contributed by atoms with van der Waals surface area (Å²) in [5, 5.41) is 2.69. The third-order valence-electron chi connectivity index (χ3n) is 3.68. The SMILES string of the molecule is C=CCOc1ccc(/C=C/C(=O)Nc2ccccc2SC(=O)N(C)C)cc1OC. The summed E-state index contributed by atoms with van der Waals surface area (Å²) in [6, 6.07) is 12.5. The Labute approximate surface area is 175 Å². The molecular formula is C22H24N2O4S. The van der Waals surface area contributed by atoms with E-state index in [1.54, 1.807) is 63.7 Å². The zero-order valence-electron chi connectivity index (χ0n) is 16.7. The number of ether oxygens (including phenoxy) is 2. The van der Waals surface area contributed by atoms with Crippen LogP contribution in [0.15, 0.2) is 66.1 Å². The monoisotopic (exact) mass is 412 g/mol. The number of thioether (sulfide) groups is 1. The molecule has 0 aliphatic rings. The summed E-state index contributed by atoms with van der Waals surface area (Å²) < 4.78 is 10.8. The molecular weight excluding hydrogens is 388 g/mol. The minimum atomic E-state index is -0.304. The van der Waals surface area contributed by atoms with E-state index in [1.165, 1.54) is 11.0 Å². The van der Waals surface area contributed by atoms with E-state index >= 15 is 0 Å². The van der Waals surface area contributed by atoms with Crippen molar-refractivity contribution in [3.63, 3.8) is 0 Å². The van der Waals surface area contributed by atoms with E-state index < -0.39 is 0 Å². The van der Waals surface area contributed by atoms with Crippen LogP contribution in [0.5, 0.6) is 11.5 Å². The van der Waals surface area contributed by atoms with Crippen LogP contribution in [0.4, 0.5) is 10.5 Å². The fourth-order valence-electron chi connectivity index (χ4n) is 2.25. The maximum absolute atomic E-state index is 12.4. The van der Waals surface area contributed by atoms with Gasteiger partial charge in [-0.3, -0.25) is 9.59 Å². The van der Waals surface area contributed by atoms with Crippen molar-refractivity contribution in [2.75, 3.05) is 33.1 Å². The van der Waals surface area contributed by atoms with E-state index in [9.17, 15) is 9.59 Å². The predicted molar refractivity (Wildman–Crippen MR) is 118 cm³/mol. The Morgan fingerprint density at radius 1 is 1.17 bits per heavy atom. The topological polar surface area (TPSA) is 67.9 Å². The van der Waals surface area contributed by atoms with Gasteiger partial charge in [-0.2, -0.15) is 0 Å². The number of anilines is 1. The molecule has 6 nitrogen and oxygen atoms in total. The Bertz CT molecular complexity index is 909. The fourth-order valence-corrected chi connectivity index (χ4v) is 2.99. The molecule has 1 N–H and O–H groups in total. The first-order valence-electron chi connectivity index (χ1n) is 8.83. The molecule has 0 atom stereocenters. The summed E-state index contributed by atoms with van der Waals surface area (Å²) >= 11 is 1.06. The van der Waals surface area contributed by atoms with Gasteiger partial charge in [-0.25, -0.2) is 0 Å². The van der Waals surface area contributed by atoms with Crippen LogP contribution in [0.3, 0.4) is 0 Å². The Morgan fingerprint density at radius 3 is 2.62 bits per heavy atom. The molecule has 0 spiro atoms. The zero-order chi connectivity index (χ0) is 21.2. The van der Waals surface area contributed by atoms with Gasteiger partial charge >= 0.3 is 0 Å². The number of hydrogen-bond acceptors (Lipinski definition) is 5. The third-order valence-corrected chi connectivity index (χ3v) is 4.79. The molecule has 0 aliphatic carbocycles. The van der Waals surface area contributed by atoms with Gasteiger partial charge in [0.15, 0.2) is 11.5 Å². The maximum Gasteiger partial charge on any atom is 0.286 e. The van der Waals surface area contributed by atoms with Gasteiger partial charge in [-0.05, 0) is 47.7 Å². The number of carbonyl (C=O) groups is 2. The third kappa shape index (κ3) is 6.73. The van der Waals surface area contributed by atoms with Crippen molar-refractivity contribution in [2.24, 2.45) is 0 Å². The van der Waals surface area contributed by atoms with Crippen molar-refractivity contribution in [2.45, 2.75) is 4.90 Å². The van der Waals surface area contributed by atoms with Crippen molar-refractivity contribution >= 4 is 34.7 Å². The van der Waals surface area contributed by atoms with Crippen molar-refractivity contribution in [3.05, 3.63) is 66.8 Å². The Balaban J connectivity index is 2.08. The van der Waals surface area contributed by atoms with Gasteiger partial charge in [0.25, 0.3) is 5.24 Å². The Hall–Kier alpha value is -3.19. The molecule has 0 unspecified atom stereocenters. The number of hydrogen-bond donors (Lipinski definition) is 1. The molecule has 2 aromatic carbocycles. The molecule has 152 valence electrons. The number of nitrogens with zero attached hydrogens (tertiary/aromatic N) is 1. The second-order valence-corrected chi connectivity index (χ2v) is 7.08. The predicted octanol–water partition coefficient (Wildman–Crippen LogP) is 4.69. The summed E-state index contributed by atoms with van der Waals surface area (Å²) in [4.78, 5) is 26.5. The van der Waals surface area contributed by atoms with Crippen molar-refractivity contribution in [1.29, 1.82) is 0 Å². The number of amides is 2. The minimum Gasteiger partial charge on any atom is -0.493 e. The largest absolute Gasteiger partial charge is 0.493 e. The molecule has 0 radical (unpaired) electrons. The van der Waals surface area contributed by atoms with E-state index in [1.807, 2.05) is 12.1 Å². The van der Waals surface area contributed by atoms with Gasteiger partial charge in [0.2, 0.25) is 5.91 Å². The quantitative estimate of drug-likeness (QED) is 0.387. The van der Waals surface area contributed by atoms with E-state index in [4.69, 9.17) is 9.47 Å². The van der Waals surface area contributed by atoms with Crippen LogP contribution in [-0.2, 0) is 4.79 Å². The normalized spacial score (nSPS) is 10.4. The molecule has 7 heteroatoms. The van der Waals surface area contributed by atoms with Gasteiger partial charge in [0.1, 0.15) is 6.61 Å². The van der Waals surface area contributed by atoms with Crippen LogP contribution in [0, 0.1) is 0 Å². The average molecular weight is 413 g/mol. The molecule has 0 saturated carbocycles. The Morgan fingerprint density at radius 2 is 1.93 bits per heavy atom. The molecule has 2 amide bonds. The van der Waals surface area contributed by atoms with Crippen LogP contribution in [0.2, 0.25) is 0 Å². The highest BCUT2D eigenvalue weighted by molar-refractivity contribution is 8.13. The van der Waals surface area contributed by atoms with Crippen LogP contribution in [-0.4, -0.2) is 43.9 Å². The minimum absolute atomic E-state index is 0.118. The summed E-state index contributed by atoms with van der Waals surface area (Å²) in [7, 11) is 4.92. The van der Waals surface area contributed by atoms with Gasteiger partial charge in [-0.1, -0.05) is 30.9 Å². The van der Waals surface area contributed by atoms with Gasteiger partial charge < -0.3 is 19.7 Å². The lowest BCUT2D eigenvalue weighted by molar-refractivity contribution is -0.111. The lowest BCUT2D eigenvalue weighted by Crippen LogP contribution is -2.16. The number of nitrogens with one attached hydrogen (secondary N) is 1. The van der Waals surface area contributed by atoms with Gasteiger partial charge in [0, 0.05) is 25.1 Å². The lowest BCUT2D eigenvalue weighted by Gasteiger charge is -2.12. The first-order chi connectivity index (χ1) is 13.9.